The van der Waals surface area contributed by atoms with Gasteiger partial charge >= 0.3 is 5.97 Å². The number of hydrogen-bond donors (Lipinski definition) is 1. The summed E-state index contributed by atoms with van der Waals surface area (Å²) in [5.41, 5.74) is 2.12. The number of benzene rings is 1. The van der Waals surface area contributed by atoms with Gasteiger partial charge in [0.25, 0.3) is 0 Å². The topological polar surface area (TPSA) is 77.0 Å². The Morgan fingerprint density at radius 3 is 3.00 bits per heavy atom. The third-order valence-electron chi connectivity index (χ3n) is 3.67. The van der Waals surface area contributed by atoms with Gasteiger partial charge in [0.05, 0.1) is 22.4 Å². The number of nitrogens with zero attached hydrogens (tertiary/aromatic N) is 3. The lowest BCUT2D eigenvalue weighted by atomic mass is 10.2. The highest BCUT2D eigenvalue weighted by atomic mass is 32.1. The van der Waals surface area contributed by atoms with Gasteiger partial charge in [-0.15, -0.1) is 11.3 Å². The van der Waals surface area contributed by atoms with Crippen LogP contribution in [-0.2, 0) is 4.74 Å². The summed E-state index contributed by atoms with van der Waals surface area (Å²) >= 11 is 1.54. The molecule has 0 aliphatic carbocycles. The van der Waals surface area contributed by atoms with E-state index in [9.17, 15) is 4.79 Å². The molecule has 6 nitrogen and oxygen atoms in total. The molecule has 0 bridgehead atoms. The first-order valence-electron chi connectivity index (χ1n) is 7.78. The number of nitrogens with one attached hydrogen (secondary N) is 1. The molecule has 0 saturated heterocycles. The standard InChI is InChI=1S/C18H14N4O2S/c1-2-24-18(23)11-5-3-6-12(9-11)22-16-15-14(20-10-21-16)13-7-4-8-19-17(13)25-15/h3-10H,2H2,1H3,(H,20,21,22). The van der Waals surface area contributed by atoms with Crippen molar-refractivity contribution in [3.63, 3.8) is 0 Å². The van der Waals surface area contributed by atoms with Crippen LogP contribution >= 0.6 is 11.3 Å². The Kier molecular flexibility index (Phi) is 3.99. The summed E-state index contributed by atoms with van der Waals surface area (Å²) in [6, 6.07) is 11.0. The Balaban J connectivity index is 1.74. The number of anilines is 2. The largest absolute Gasteiger partial charge is 0.462 e. The lowest BCUT2D eigenvalue weighted by Gasteiger charge is -2.08. The monoisotopic (exact) mass is 350 g/mol. The van der Waals surface area contributed by atoms with Crippen LogP contribution in [0, 0.1) is 0 Å². The molecule has 0 radical (unpaired) electrons. The lowest BCUT2D eigenvalue weighted by Crippen LogP contribution is -2.05. The average Bonchev–Trinajstić information content (AvgIpc) is 3.02. The van der Waals surface area contributed by atoms with Gasteiger partial charge < -0.3 is 10.1 Å². The third-order valence-corrected chi connectivity index (χ3v) is 4.77. The maximum atomic E-state index is 11.9. The van der Waals surface area contributed by atoms with Crippen molar-refractivity contribution in [2.24, 2.45) is 0 Å². The lowest BCUT2D eigenvalue weighted by molar-refractivity contribution is 0.0526. The zero-order valence-corrected chi connectivity index (χ0v) is 14.2. The predicted molar refractivity (Wildman–Crippen MR) is 98.4 cm³/mol. The molecule has 3 heterocycles. The molecule has 0 spiro atoms. The zero-order valence-electron chi connectivity index (χ0n) is 13.4. The summed E-state index contributed by atoms with van der Waals surface area (Å²) in [6.07, 6.45) is 3.29. The first-order chi connectivity index (χ1) is 12.3. The van der Waals surface area contributed by atoms with Crippen molar-refractivity contribution in [2.75, 3.05) is 11.9 Å². The van der Waals surface area contributed by atoms with E-state index in [-0.39, 0.29) is 5.97 Å². The Bertz CT molecular complexity index is 1080. The highest BCUT2D eigenvalue weighted by Gasteiger charge is 2.13. The molecule has 0 fully saturated rings. The molecule has 0 atom stereocenters. The van der Waals surface area contributed by atoms with Gasteiger partial charge in [-0.25, -0.2) is 19.7 Å². The van der Waals surface area contributed by atoms with E-state index in [4.69, 9.17) is 4.74 Å². The SMILES string of the molecule is CCOC(=O)c1cccc(Nc2ncnc3c2sc2ncccc23)c1. The number of carbonyl (C=O) groups is 1. The van der Waals surface area contributed by atoms with E-state index in [2.05, 4.69) is 20.3 Å². The molecule has 4 aromatic rings. The van der Waals surface area contributed by atoms with Gasteiger partial charge in [-0.3, -0.25) is 0 Å². The second kappa shape index (κ2) is 6.45. The normalized spacial score (nSPS) is 10.9. The quantitative estimate of drug-likeness (QED) is 0.557. The summed E-state index contributed by atoms with van der Waals surface area (Å²) in [4.78, 5) is 25.9. The van der Waals surface area contributed by atoms with Crippen molar-refractivity contribution < 1.29 is 9.53 Å². The number of ether oxygens (including phenoxy) is 1. The summed E-state index contributed by atoms with van der Waals surface area (Å²) in [5, 5.41) is 4.28. The Hall–Kier alpha value is -3.06. The molecule has 1 N–H and O–H groups in total. The van der Waals surface area contributed by atoms with Gasteiger partial charge in [-0.2, -0.15) is 0 Å². The number of thiophene rings is 1. The van der Waals surface area contributed by atoms with Crippen molar-refractivity contribution in [1.82, 2.24) is 15.0 Å². The highest BCUT2D eigenvalue weighted by molar-refractivity contribution is 7.25. The molecule has 0 aliphatic rings. The fraction of sp³-hybridized carbons (Fsp3) is 0.111. The van der Waals surface area contributed by atoms with E-state index >= 15 is 0 Å². The van der Waals surface area contributed by atoms with Crippen molar-refractivity contribution in [1.29, 1.82) is 0 Å². The van der Waals surface area contributed by atoms with Crippen molar-refractivity contribution >= 4 is 49.2 Å². The van der Waals surface area contributed by atoms with Crippen LogP contribution in [0.1, 0.15) is 17.3 Å². The molecule has 25 heavy (non-hydrogen) atoms. The Morgan fingerprint density at radius 2 is 2.12 bits per heavy atom. The van der Waals surface area contributed by atoms with Crippen LogP contribution in [0.5, 0.6) is 0 Å². The summed E-state index contributed by atoms with van der Waals surface area (Å²) in [7, 11) is 0. The molecule has 4 rings (SSSR count). The number of pyridine rings is 1. The zero-order chi connectivity index (χ0) is 17.2. The Labute approximate surface area is 147 Å². The van der Waals surface area contributed by atoms with Gasteiger partial charge in [0.1, 0.15) is 11.2 Å². The van der Waals surface area contributed by atoms with Crippen LogP contribution in [0.4, 0.5) is 11.5 Å². The number of aromatic nitrogens is 3. The van der Waals surface area contributed by atoms with Crippen molar-refractivity contribution in [2.45, 2.75) is 6.92 Å². The molecule has 7 heteroatoms. The van der Waals surface area contributed by atoms with E-state index in [1.807, 2.05) is 18.2 Å². The van der Waals surface area contributed by atoms with E-state index < -0.39 is 0 Å². The van der Waals surface area contributed by atoms with Crippen LogP contribution in [-0.4, -0.2) is 27.5 Å². The average molecular weight is 350 g/mol. The minimum Gasteiger partial charge on any atom is -0.462 e. The molecular weight excluding hydrogens is 336 g/mol. The van der Waals surface area contributed by atoms with Gasteiger partial charge in [-0.1, -0.05) is 6.07 Å². The van der Waals surface area contributed by atoms with Crippen LogP contribution in [0.3, 0.4) is 0 Å². The number of hydrogen-bond acceptors (Lipinski definition) is 7. The first-order valence-corrected chi connectivity index (χ1v) is 8.60. The van der Waals surface area contributed by atoms with Gasteiger partial charge in [0.15, 0.2) is 5.82 Å². The van der Waals surface area contributed by atoms with E-state index in [1.54, 1.807) is 31.3 Å². The van der Waals surface area contributed by atoms with E-state index in [0.717, 1.165) is 26.1 Å². The van der Waals surface area contributed by atoms with Gasteiger partial charge in [0.2, 0.25) is 0 Å². The molecule has 3 aromatic heterocycles. The summed E-state index contributed by atoms with van der Waals surface area (Å²) in [6.45, 7) is 2.13. The Morgan fingerprint density at radius 1 is 1.20 bits per heavy atom. The number of fused-ring (bicyclic) bond motifs is 3. The van der Waals surface area contributed by atoms with Gasteiger partial charge in [0, 0.05) is 17.3 Å². The van der Waals surface area contributed by atoms with Gasteiger partial charge in [-0.05, 0) is 37.3 Å². The molecule has 0 unspecified atom stereocenters. The fourth-order valence-electron chi connectivity index (χ4n) is 2.58. The van der Waals surface area contributed by atoms with E-state index in [1.165, 1.54) is 17.7 Å². The molecule has 1 aromatic carbocycles. The highest BCUT2D eigenvalue weighted by Crippen LogP contribution is 2.35. The van der Waals surface area contributed by atoms with Crippen LogP contribution in [0.2, 0.25) is 0 Å². The minimum atomic E-state index is -0.343. The third kappa shape index (κ3) is 2.89. The van der Waals surface area contributed by atoms with Crippen molar-refractivity contribution in [3.8, 4) is 0 Å². The maximum absolute atomic E-state index is 11.9. The first kappa shape index (κ1) is 15.5. The van der Waals surface area contributed by atoms with Crippen molar-refractivity contribution in [3.05, 3.63) is 54.5 Å². The second-order valence-electron chi connectivity index (χ2n) is 5.28. The molecule has 0 aliphatic heterocycles. The summed E-state index contributed by atoms with van der Waals surface area (Å²) in [5.74, 6) is 0.346. The number of esters is 1. The number of rotatable bonds is 4. The fourth-order valence-corrected chi connectivity index (χ4v) is 3.62. The smallest absolute Gasteiger partial charge is 0.338 e. The number of carbonyl (C=O) groups excluding carboxylic acids is 1. The second-order valence-corrected chi connectivity index (χ2v) is 6.28. The van der Waals surface area contributed by atoms with Crippen LogP contribution < -0.4 is 5.32 Å². The molecule has 124 valence electrons. The van der Waals surface area contributed by atoms with E-state index in [0.29, 0.717) is 18.0 Å². The van der Waals surface area contributed by atoms with Crippen LogP contribution in [0.15, 0.2) is 48.9 Å². The summed E-state index contributed by atoms with van der Waals surface area (Å²) < 4.78 is 5.97. The van der Waals surface area contributed by atoms with Crippen LogP contribution in [0.25, 0.3) is 20.4 Å². The maximum Gasteiger partial charge on any atom is 0.338 e. The molecule has 0 saturated carbocycles. The predicted octanol–water partition coefficient (Wildman–Crippen LogP) is 4.16. The molecular formula is C18H14N4O2S. The minimum absolute atomic E-state index is 0.343. The molecule has 0 amide bonds.